The van der Waals surface area contributed by atoms with Crippen molar-refractivity contribution in [1.29, 1.82) is 0 Å². The van der Waals surface area contributed by atoms with E-state index in [2.05, 4.69) is 20.8 Å². The second-order valence-corrected chi connectivity index (χ2v) is 7.49. The number of benzene rings is 1. The summed E-state index contributed by atoms with van der Waals surface area (Å²) < 4.78 is 11.2. The molecule has 0 aromatic heterocycles. The Morgan fingerprint density at radius 1 is 0.821 bits per heavy atom. The van der Waals surface area contributed by atoms with Gasteiger partial charge >= 0.3 is 11.9 Å². The summed E-state index contributed by atoms with van der Waals surface area (Å²) in [4.78, 5) is 25.3. The van der Waals surface area contributed by atoms with Crippen LogP contribution in [-0.2, 0) is 9.47 Å². The average molecular weight is 391 g/mol. The maximum Gasteiger partial charge on any atom is 0.339 e. The van der Waals surface area contributed by atoms with E-state index in [0.717, 1.165) is 57.8 Å². The van der Waals surface area contributed by atoms with Crippen LogP contribution in [0.3, 0.4) is 0 Å². The maximum atomic E-state index is 12.7. The van der Waals surface area contributed by atoms with E-state index < -0.39 is 11.9 Å². The number of carbonyl (C=O) groups is 2. The van der Waals surface area contributed by atoms with E-state index >= 15 is 0 Å². The Labute approximate surface area is 171 Å². The summed E-state index contributed by atoms with van der Waals surface area (Å²) in [7, 11) is 0. The molecule has 0 spiro atoms. The van der Waals surface area contributed by atoms with Crippen molar-refractivity contribution in [3.63, 3.8) is 0 Å². The monoisotopic (exact) mass is 390 g/mol. The van der Waals surface area contributed by atoms with E-state index in [9.17, 15) is 9.59 Å². The number of carbonyl (C=O) groups excluding carboxylic acids is 2. The summed E-state index contributed by atoms with van der Waals surface area (Å²) in [6.45, 7) is 8.84. The molecule has 1 aromatic rings. The van der Waals surface area contributed by atoms with E-state index in [1.807, 2.05) is 6.92 Å². The third-order valence-corrected chi connectivity index (χ3v) is 5.22. The first-order valence-corrected chi connectivity index (χ1v) is 11.0. The fourth-order valence-electron chi connectivity index (χ4n) is 3.19. The predicted molar refractivity (Wildman–Crippen MR) is 114 cm³/mol. The van der Waals surface area contributed by atoms with Gasteiger partial charge in [0.1, 0.15) is 6.10 Å². The van der Waals surface area contributed by atoms with Crippen molar-refractivity contribution in [3.8, 4) is 0 Å². The molecule has 0 aliphatic carbocycles. The normalized spacial score (nSPS) is 13.0. The van der Waals surface area contributed by atoms with Gasteiger partial charge in [0.25, 0.3) is 0 Å². The zero-order valence-corrected chi connectivity index (χ0v) is 18.2. The average Bonchev–Trinajstić information content (AvgIpc) is 2.72. The van der Waals surface area contributed by atoms with Crippen LogP contribution in [0.1, 0.15) is 106 Å². The molecule has 1 rings (SSSR count). The van der Waals surface area contributed by atoms with Gasteiger partial charge in [0, 0.05) is 0 Å². The highest BCUT2D eigenvalue weighted by atomic mass is 16.5. The lowest BCUT2D eigenvalue weighted by Crippen LogP contribution is -2.21. The third kappa shape index (κ3) is 8.45. The molecule has 0 radical (unpaired) electrons. The second-order valence-electron chi connectivity index (χ2n) is 7.49. The van der Waals surface area contributed by atoms with Crippen LogP contribution in [0.25, 0.3) is 0 Å². The molecule has 0 amide bonds. The highest BCUT2D eigenvalue weighted by Crippen LogP contribution is 2.18. The molecule has 0 bridgehead atoms. The lowest BCUT2D eigenvalue weighted by molar-refractivity contribution is 0.0254. The van der Waals surface area contributed by atoms with Crippen LogP contribution in [0.2, 0.25) is 0 Å². The van der Waals surface area contributed by atoms with E-state index in [4.69, 9.17) is 9.47 Å². The highest BCUT2D eigenvalue weighted by Gasteiger charge is 2.22. The number of hydrogen-bond acceptors (Lipinski definition) is 4. The standard InChI is InChI=1S/C24H38O4/c1-5-9-11-15-20(8-4)28-24(26)22-17-13-12-16-21(22)23(25)27-18-19(7-3)14-10-6-2/h12-13,16-17,19-20H,5-11,14-15,18H2,1-4H3. The van der Waals surface area contributed by atoms with Crippen molar-refractivity contribution in [2.75, 3.05) is 6.61 Å². The minimum absolute atomic E-state index is 0.110. The number of ether oxygens (including phenoxy) is 2. The van der Waals surface area contributed by atoms with Gasteiger partial charge in [-0.2, -0.15) is 0 Å². The third-order valence-electron chi connectivity index (χ3n) is 5.22. The van der Waals surface area contributed by atoms with Crippen LogP contribution >= 0.6 is 0 Å². The van der Waals surface area contributed by atoms with Gasteiger partial charge in [-0.3, -0.25) is 0 Å². The SMILES string of the molecule is CCCCCC(CC)OC(=O)c1ccccc1C(=O)OCC(CC)CCCC. The van der Waals surface area contributed by atoms with Gasteiger partial charge in [0.2, 0.25) is 0 Å². The molecule has 0 N–H and O–H groups in total. The topological polar surface area (TPSA) is 52.6 Å². The van der Waals surface area contributed by atoms with E-state index in [-0.39, 0.29) is 6.10 Å². The van der Waals surface area contributed by atoms with Crippen LogP contribution in [0.15, 0.2) is 24.3 Å². The molecule has 2 atom stereocenters. The van der Waals surface area contributed by atoms with Gasteiger partial charge in [-0.15, -0.1) is 0 Å². The Kier molecular flexibility index (Phi) is 12.3. The number of esters is 2. The van der Waals surface area contributed by atoms with Gasteiger partial charge in [0.15, 0.2) is 0 Å². The molecule has 28 heavy (non-hydrogen) atoms. The van der Waals surface area contributed by atoms with Gasteiger partial charge in [0.05, 0.1) is 17.7 Å². The summed E-state index contributed by atoms with van der Waals surface area (Å²) in [5, 5.41) is 0. The van der Waals surface area contributed by atoms with Crippen LogP contribution in [0, 0.1) is 5.92 Å². The van der Waals surface area contributed by atoms with Crippen LogP contribution in [0.4, 0.5) is 0 Å². The molecule has 0 saturated carbocycles. The summed E-state index contributed by atoms with van der Waals surface area (Å²) in [5.41, 5.74) is 0.587. The predicted octanol–water partition coefficient (Wildman–Crippen LogP) is 6.58. The van der Waals surface area contributed by atoms with Crippen molar-refractivity contribution in [1.82, 2.24) is 0 Å². The summed E-state index contributed by atoms with van der Waals surface area (Å²) >= 11 is 0. The molecule has 0 saturated heterocycles. The zero-order valence-electron chi connectivity index (χ0n) is 18.2. The van der Waals surface area contributed by atoms with E-state index in [1.165, 1.54) is 0 Å². The molecular formula is C24H38O4. The minimum atomic E-state index is -0.443. The van der Waals surface area contributed by atoms with Crippen LogP contribution in [-0.4, -0.2) is 24.6 Å². The molecule has 2 unspecified atom stereocenters. The van der Waals surface area contributed by atoms with Crippen LogP contribution < -0.4 is 0 Å². The van der Waals surface area contributed by atoms with Crippen molar-refractivity contribution < 1.29 is 19.1 Å². The van der Waals surface area contributed by atoms with Crippen molar-refractivity contribution in [3.05, 3.63) is 35.4 Å². The summed E-state index contributed by atoms with van der Waals surface area (Å²) in [6.07, 6.45) is 9.14. The largest absolute Gasteiger partial charge is 0.462 e. The Balaban J connectivity index is 2.74. The lowest BCUT2D eigenvalue weighted by atomic mass is 10.0. The molecule has 0 fully saturated rings. The zero-order chi connectivity index (χ0) is 20.8. The first-order valence-electron chi connectivity index (χ1n) is 11.0. The van der Waals surface area contributed by atoms with E-state index in [0.29, 0.717) is 23.7 Å². The Morgan fingerprint density at radius 2 is 1.46 bits per heavy atom. The smallest absolute Gasteiger partial charge is 0.339 e. The van der Waals surface area contributed by atoms with E-state index in [1.54, 1.807) is 24.3 Å². The Hall–Kier alpha value is -1.84. The molecule has 0 aliphatic heterocycles. The molecule has 4 heteroatoms. The Morgan fingerprint density at radius 3 is 2.04 bits per heavy atom. The molecule has 0 aliphatic rings. The van der Waals surface area contributed by atoms with Crippen LogP contribution in [0.5, 0.6) is 0 Å². The quantitative estimate of drug-likeness (QED) is 0.266. The molecule has 158 valence electrons. The fraction of sp³-hybridized carbons (Fsp3) is 0.667. The molecule has 1 aromatic carbocycles. The maximum absolute atomic E-state index is 12.7. The highest BCUT2D eigenvalue weighted by molar-refractivity contribution is 6.03. The van der Waals surface area contributed by atoms with Gasteiger partial charge in [-0.05, 0) is 43.7 Å². The minimum Gasteiger partial charge on any atom is -0.462 e. The van der Waals surface area contributed by atoms with Crippen molar-refractivity contribution >= 4 is 11.9 Å². The summed E-state index contributed by atoms with van der Waals surface area (Å²) in [6, 6.07) is 6.79. The molecule has 4 nitrogen and oxygen atoms in total. The lowest BCUT2D eigenvalue weighted by Gasteiger charge is -2.18. The van der Waals surface area contributed by atoms with Gasteiger partial charge < -0.3 is 9.47 Å². The van der Waals surface area contributed by atoms with Crippen molar-refractivity contribution in [2.24, 2.45) is 5.92 Å². The van der Waals surface area contributed by atoms with Gasteiger partial charge in [-0.25, -0.2) is 9.59 Å². The number of rotatable bonds is 14. The second kappa shape index (κ2) is 14.2. The van der Waals surface area contributed by atoms with Crippen molar-refractivity contribution in [2.45, 2.75) is 91.6 Å². The molecular weight excluding hydrogens is 352 g/mol. The number of hydrogen-bond donors (Lipinski definition) is 0. The first kappa shape index (κ1) is 24.2. The first-order chi connectivity index (χ1) is 13.6. The summed E-state index contributed by atoms with van der Waals surface area (Å²) in [5.74, 6) is -0.512. The Bertz CT molecular complexity index is 582. The fourth-order valence-corrected chi connectivity index (χ4v) is 3.19. The number of unbranched alkanes of at least 4 members (excludes halogenated alkanes) is 3. The molecule has 0 heterocycles. The van der Waals surface area contributed by atoms with Gasteiger partial charge in [-0.1, -0.05) is 71.9 Å².